The molecule has 37 heavy (non-hydrogen) atoms. The minimum Gasteiger partial charge on any atom is -0.466 e. The van der Waals surface area contributed by atoms with Crippen LogP contribution in [0.25, 0.3) is 0 Å². The van der Waals surface area contributed by atoms with Gasteiger partial charge in [0, 0.05) is 18.8 Å². The van der Waals surface area contributed by atoms with Crippen LogP contribution >= 0.6 is 11.8 Å². The van der Waals surface area contributed by atoms with Gasteiger partial charge in [-0.15, -0.1) is 0 Å². The van der Waals surface area contributed by atoms with E-state index in [-0.39, 0.29) is 36.1 Å². The normalized spacial score (nSPS) is 21.5. The Morgan fingerprint density at radius 2 is 1.95 bits per heavy atom. The molecule has 0 spiro atoms. The van der Waals surface area contributed by atoms with Crippen LogP contribution in [0.1, 0.15) is 58.6 Å². The summed E-state index contributed by atoms with van der Waals surface area (Å²) in [6.07, 6.45) is 1.17. The summed E-state index contributed by atoms with van der Waals surface area (Å²) in [7, 11) is 0. The number of aliphatic imine (C=N–C) groups is 1. The lowest BCUT2D eigenvalue weighted by molar-refractivity contribution is -0.151. The zero-order chi connectivity index (χ0) is 26.7. The number of esters is 2. The predicted octanol–water partition coefficient (Wildman–Crippen LogP) is 4.54. The summed E-state index contributed by atoms with van der Waals surface area (Å²) in [5.41, 5.74) is 2.24. The van der Waals surface area contributed by atoms with Crippen LogP contribution in [0.15, 0.2) is 51.6 Å². The monoisotopic (exact) mass is 529 g/mol. The molecule has 3 aliphatic heterocycles. The fraction of sp³-hybridized carbons (Fsp3) is 0.481. The van der Waals surface area contributed by atoms with Crippen molar-refractivity contribution in [1.82, 2.24) is 9.80 Å². The molecular weight excluding hydrogens is 497 g/mol. The highest BCUT2D eigenvalue weighted by Crippen LogP contribution is 2.45. The topological polar surface area (TPSA) is 88.5 Å². The number of likely N-dealkylation sites (tertiary alicyclic amines) is 1. The minimum absolute atomic E-state index is 0.0742. The average Bonchev–Trinajstić information content (AvgIpc) is 3.25. The molecule has 198 valence electrons. The molecule has 8 nitrogen and oxygen atoms in total. The van der Waals surface area contributed by atoms with Crippen molar-refractivity contribution in [2.75, 3.05) is 19.7 Å². The predicted molar refractivity (Wildman–Crippen MR) is 139 cm³/mol. The van der Waals surface area contributed by atoms with Gasteiger partial charge in [0.1, 0.15) is 5.82 Å². The first-order valence-corrected chi connectivity index (χ1v) is 13.4. The molecular formula is C27H32FN3O5S. The van der Waals surface area contributed by atoms with Crippen LogP contribution in [-0.4, -0.2) is 58.6 Å². The standard InChI is InChI=1S/C27H32FN3O5S/c1-5-35-25(33)19-7-6-12-30(14-19)22(32)13-21-15-37-27-29-17(4)23(26(34)36-16(2)3)24(31(21)27)18-8-10-20(28)11-9-18/h8-11,15-16,19,24H,5-7,12-14H2,1-4H3. The van der Waals surface area contributed by atoms with Crippen LogP contribution in [0, 0.1) is 11.7 Å². The first-order valence-electron chi connectivity index (χ1n) is 12.5. The molecule has 2 atom stereocenters. The number of fused-ring (bicyclic) bond motifs is 1. The quantitative estimate of drug-likeness (QED) is 0.479. The molecule has 1 aromatic rings. The second-order valence-electron chi connectivity index (χ2n) is 9.51. The van der Waals surface area contributed by atoms with Gasteiger partial charge in [0.15, 0.2) is 5.17 Å². The Morgan fingerprint density at radius 3 is 2.62 bits per heavy atom. The third-order valence-corrected chi connectivity index (χ3v) is 7.36. The number of allylic oxidation sites excluding steroid dienone is 1. The van der Waals surface area contributed by atoms with Gasteiger partial charge in [-0.25, -0.2) is 14.2 Å². The van der Waals surface area contributed by atoms with Crippen LogP contribution in [0.5, 0.6) is 0 Å². The summed E-state index contributed by atoms with van der Waals surface area (Å²) in [6, 6.07) is 5.35. The lowest BCUT2D eigenvalue weighted by atomic mass is 9.93. The molecule has 3 aliphatic rings. The third-order valence-electron chi connectivity index (χ3n) is 6.48. The summed E-state index contributed by atoms with van der Waals surface area (Å²) in [6.45, 7) is 8.28. The van der Waals surface area contributed by atoms with E-state index in [1.807, 2.05) is 10.3 Å². The van der Waals surface area contributed by atoms with Crippen LogP contribution < -0.4 is 0 Å². The number of nitrogens with zero attached hydrogens (tertiary/aromatic N) is 3. The highest BCUT2D eigenvalue weighted by atomic mass is 32.2. The SMILES string of the molecule is CCOC(=O)C1CCCN(C(=O)CC2=CSC3=NC(C)=C(C(=O)OC(C)C)C(c4ccc(F)cc4)N23)C1. The fourth-order valence-electron chi connectivity index (χ4n) is 4.79. The molecule has 0 bridgehead atoms. The molecule has 0 saturated carbocycles. The Kier molecular flexibility index (Phi) is 8.36. The molecule has 1 fully saturated rings. The zero-order valence-electron chi connectivity index (χ0n) is 21.5. The van der Waals surface area contributed by atoms with E-state index in [0.717, 1.165) is 6.42 Å². The number of thioether (sulfide) groups is 1. The van der Waals surface area contributed by atoms with Gasteiger partial charge < -0.3 is 19.3 Å². The molecule has 0 N–H and O–H groups in total. The number of rotatable bonds is 7. The van der Waals surface area contributed by atoms with Crippen molar-refractivity contribution in [2.24, 2.45) is 10.9 Å². The van der Waals surface area contributed by atoms with E-state index in [4.69, 9.17) is 9.47 Å². The number of carbonyl (C=O) groups is 3. The van der Waals surface area contributed by atoms with Crippen molar-refractivity contribution in [2.45, 2.75) is 59.1 Å². The first-order chi connectivity index (χ1) is 17.7. The summed E-state index contributed by atoms with van der Waals surface area (Å²) in [5.74, 6) is -1.60. The molecule has 3 heterocycles. The zero-order valence-corrected chi connectivity index (χ0v) is 22.3. The van der Waals surface area contributed by atoms with Gasteiger partial charge in [-0.2, -0.15) is 0 Å². The van der Waals surface area contributed by atoms with E-state index in [0.29, 0.717) is 53.8 Å². The van der Waals surface area contributed by atoms with Gasteiger partial charge in [-0.05, 0) is 63.6 Å². The summed E-state index contributed by atoms with van der Waals surface area (Å²) < 4.78 is 24.5. The second kappa shape index (κ2) is 11.5. The van der Waals surface area contributed by atoms with Crippen molar-refractivity contribution in [3.8, 4) is 0 Å². The van der Waals surface area contributed by atoms with E-state index in [2.05, 4.69) is 4.99 Å². The molecule has 4 rings (SSSR count). The van der Waals surface area contributed by atoms with Gasteiger partial charge in [-0.3, -0.25) is 9.59 Å². The van der Waals surface area contributed by atoms with E-state index < -0.39 is 12.0 Å². The van der Waals surface area contributed by atoms with Gasteiger partial charge in [-0.1, -0.05) is 23.9 Å². The number of ether oxygens (including phenoxy) is 2. The first kappa shape index (κ1) is 26.9. The lowest BCUT2D eigenvalue weighted by Gasteiger charge is -2.37. The molecule has 10 heteroatoms. The molecule has 0 aromatic heterocycles. The van der Waals surface area contributed by atoms with E-state index >= 15 is 0 Å². The van der Waals surface area contributed by atoms with Crippen molar-refractivity contribution in [3.63, 3.8) is 0 Å². The Hall–Kier alpha value is -3.14. The Morgan fingerprint density at radius 1 is 1.22 bits per heavy atom. The number of halogens is 1. The highest BCUT2D eigenvalue weighted by Gasteiger charge is 2.42. The maximum Gasteiger partial charge on any atom is 0.338 e. The highest BCUT2D eigenvalue weighted by molar-refractivity contribution is 8.16. The Labute approximate surface area is 220 Å². The fourth-order valence-corrected chi connectivity index (χ4v) is 5.76. The largest absolute Gasteiger partial charge is 0.466 e. The van der Waals surface area contributed by atoms with Crippen molar-refractivity contribution in [3.05, 3.63) is 58.0 Å². The van der Waals surface area contributed by atoms with Crippen LogP contribution in [0.3, 0.4) is 0 Å². The summed E-state index contributed by atoms with van der Waals surface area (Å²) in [5, 5.41) is 2.50. The van der Waals surface area contributed by atoms with Crippen molar-refractivity contribution < 1.29 is 28.2 Å². The Bertz CT molecular complexity index is 1160. The lowest BCUT2D eigenvalue weighted by Crippen LogP contribution is -2.44. The average molecular weight is 530 g/mol. The van der Waals surface area contributed by atoms with Gasteiger partial charge in [0.2, 0.25) is 5.91 Å². The second-order valence-corrected chi connectivity index (χ2v) is 10.3. The van der Waals surface area contributed by atoms with Gasteiger partial charge >= 0.3 is 11.9 Å². The van der Waals surface area contributed by atoms with Crippen LogP contribution in [0.2, 0.25) is 0 Å². The molecule has 1 saturated heterocycles. The van der Waals surface area contributed by atoms with E-state index in [9.17, 15) is 18.8 Å². The number of amides is 1. The van der Waals surface area contributed by atoms with E-state index in [1.54, 1.807) is 44.7 Å². The van der Waals surface area contributed by atoms with Gasteiger partial charge in [0.25, 0.3) is 0 Å². The summed E-state index contributed by atoms with van der Waals surface area (Å²) in [4.78, 5) is 47.0. The smallest absolute Gasteiger partial charge is 0.338 e. The number of amidine groups is 1. The number of carbonyl (C=O) groups excluding carboxylic acids is 3. The number of hydrogen-bond acceptors (Lipinski definition) is 8. The molecule has 1 amide bonds. The maximum atomic E-state index is 13.8. The molecule has 0 aliphatic carbocycles. The number of piperidine rings is 1. The number of hydrogen-bond donors (Lipinski definition) is 0. The maximum absolute atomic E-state index is 13.8. The van der Waals surface area contributed by atoms with E-state index in [1.165, 1.54) is 23.9 Å². The summed E-state index contributed by atoms with van der Waals surface area (Å²) >= 11 is 1.38. The Balaban J connectivity index is 1.60. The van der Waals surface area contributed by atoms with Crippen molar-refractivity contribution in [1.29, 1.82) is 0 Å². The van der Waals surface area contributed by atoms with Gasteiger partial charge in [0.05, 0.1) is 42.4 Å². The third kappa shape index (κ3) is 5.89. The molecule has 1 aromatic carbocycles. The van der Waals surface area contributed by atoms with Crippen LogP contribution in [0.4, 0.5) is 4.39 Å². The van der Waals surface area contributed by atoms with Crippen LogP contribution in [-0.2, 0) is 23.9 Å². The number of benzene rings is 1. The molecule has 2 unspecified atom stereocenters. The van der Waals surface area contributed by atoms with Crippen molar-refractivity contribution >= 4 is 34.8 Å². The molecule has 0 radical (unpaired) electrons. The minimum atomic E-state index is -0.623.